The molecule has 5 heteroatoms. The first kappa shape index (κ1) is 15.5. The highest BCUT2D eigenvalue weighted by Crippen LogP contribution is 2.32. The van der Waals surface area contributed by atoms with E-state index in [1.807, 2.05) is 0 Å². The van der Waals surface area contributed by atoms with Crippen molar-refractivity contribution >= 4 is 15.8 Å². The van der Waals surface area contributed by atoms with Crippen molar-refractivity contribution in [3.8, 4) is 0 Å². The predicted molar refractivity (Wildman–Crippen MR) is 71.2 cm³/mol. The first-order valence-corrected chi connectivity index (χ1v) is 8.50. The Labute approximate surface area is 110 Å². The molecular weight excluding hydrogens is 252 g/mol. The van der Waals surface area contributed by atoms with Gasteiger partial charge in [-0.25, -0.2) is 8.42 Å². The van der Waals surface area contributed by atoms with E-state index in [0.29, 0.717) is 12.8 Å². The van der Waals surface area contributed by atoms with E-state index in [0.717, 1.165) is 25.7 Å². The lowest BCUT2D eigenvalue weighted by Gasteiger charge is -2.21. The minimum Gasteiger partial charge on any atom is -0.481 e. The first-order valence-electron chi connectivity index (χ1n) is 6.79. The first-order chi connectivity index (χ1) is 8.34. The Bertz CT molecular complexity index is 372. The molecule has 1 fully saturated rings. The van der Waals surface area contributed by atoms with Crippen LogP contribution in [0.25, 0.3) is 0 Å². The van der Waals surface area contributed by atoms with Crippen LogP contribution in [0.15, 0.2) is 0 Å². The lowest BCUT2D eigenvalue weighted by molar-refractivity contribution is -0.144. The van der Waals surface area contributed by atoms with E-state index in [4.69, 9.17) is 0 Å². The van der Waals surface area contributed by atoms with E-state index in [9.17, 15) is 18.3 Å². The number of carboxylic acid groups (broad SMARTS) is 1. The molecule has 2 unspecified atom stereocenters. The monoisotopic (exact) mass is 276 g/mol. The molecule has 0 aromatic carbocycles. The molecule has 106 valence electrons. The molecule has 0 saturated heterocycles. The van der Waals surface area contributed by atoms with Gasteiger partial charge in [-0.2, -0.15) is 0 Å². The van der Waals surface area contributed by atoms with E-state index >= 15 is 0 Å². The topological polar surface area (TPSA) is 71.4 Å². The Hall–Kier alpha value is -0.580. The van der Waals surface area contributed by atoms with Gasteiger partial charge in [0.15, 0.2) is 9.84 Å². The van der Waals surface area contributed by atoms with Crippen LogP contribution < -0.4 is 0 Å². The molecule has 2 atom stereocenters. The minimum atomic E-state index is -3.05. The second kappa shape index (κ2) is 6.55. The van der Waals surface area contributed by atoms with Gasteiger partial charge < -0.3 is 5.11 Å². The van der Waals surface area contributed by atoms with Crippen molar-refractivity contribution in [1.29, 1.82) is 0 Å². The zero-order chi connectivity index (χ0) is 13.8. The Balaban J connectivity index is 2.64. The fraction of sp³-hybridized carbons (Fsp3) is 0.923. The van der Waals surface area contributed by atoms with E-state index < -0.39 is 15.8 Å². The van der Waals surface area contributed by atoms with Gasteiger partial charge in [-0.1, -0.05) is 19.3 Å². The average molecular weight is 276 g/mol. The maximum Gasteiger partial charge on any atom is 0.306 e. The van der Waals surface area contributed by atoms with Crippen LogP contribution in [-0.4, -0.2) is 30.5 Å². The molecule has 1 N–H and O–H groups in total. The molecule has 0 radical (unpaired) electrons. The summed E-state index contributed by atoms with van der Waals surface area (Å²) in [6.45, 7) is 3.36. The van der Waals surface area contributed by atoms with Crippen LogP contribution in [0.2, 0.25) is 0 Å². The van der Waals surface area contributed by atoms with Crippen LogP contribution in [0.4, 0.5) is 0 Å². The lowest BCUT2D eigenvalue weighted by Crippen LogP contribution is -2.26. The van der Waals surface area contributed by atoms with Crippen molar-refractivity contribution in [3.05, 3.63) is 0 Å². The van der Waals surface area contributed by atoms with E-state index in [1.165, 1.54) is 0 Å². The summed E-state index contributed by atoms with van der Waals surface area (Å²) in [5.74, 6) is -0.962. The largest absolute Gasteiger partial charge is 0.481 e. The highest BCUT2D eigenvalue weighted by atomic mass is 32.2. The Kier molecular flexibility index (Phi) is 5.63. The number of hydrogen-bond acceptors (Lipinski definition) is 3. The third-order valence-corrected chi connectivity index (χ3v) is 6.21. The molecule has 0 aromatic heterocycles. The summed E-state index contributed by atoms with van der Waals surface area (Å²) in [5, 5.41) is 8.85. The summed E-state index contributed by atoms with van der Waals surface area (Å²) in [5.41, 5.74) is 0. The van der Waals surface area contributed by atoms with Gasteiger partial charge in [0.05, 0.1) is 16.9 Å². The highest BCUT2D eigenvalue weighted by molar-refractivity contribution is 7.91. The SMILES string of the molecule is CC(C)S(=O)(=O)CCC1CCCCCC1C(=O)O. The van der Waals surface area contributed by atoms with E-state index in [1.54, 1.807) is 13.8 Å². The summed E-state index contributed by atoms with van der Waals surface area (Å²) in [6.07, 6.45) is 5.08. The fourth-order valence-corrected chi connectivity index (χ4v) is 3.71. The van der Waals surface area contributed by atoms with E-state index in [2.05, 4.69) is 0 Å². The van der Waals surface area contributed by atoms with Crippen LogP contribution in [0.3, 0.4) is 0 Å². The van der Waals surface area contributed by atoms with Crippen LogP contribution >= 0.6 is 0 Å². The normalized spacial score (nSPS) is 25.9. The highest BCUT2D eigenvalue weighted by Gasteiger charge is 2.30. The molecule has 0 spiro atoms. The molecule has 1 aliphatic rings. The molecule has 1 aliphatic carbocycles. The van der Waals surface area contributed by atoms with Gasteiger partial charge in [0.25, 0.3) is 0 Å². The number of sulfone groups is 1. The molecule has 0 heterocycles. The van der Waals surface area contributed by atoms with Gasteiger partial charge in [-0.05, 0) is 39.0 Å². The number of carboxylic acids is 1. The predicted octanol–water partition coefficient (Wildman–Crippen LogP) is 2.48. The summed E-state index contributed by atoms with van der Waals surface area (Å²) in [7, 11) is -3.05. The molecule has 0 aliphatic heterocycles. The zero-order valence-electron chi connectivity index (χ0n) is 11.3. The van der Waals surface area contributed by atoms with Crippen molar-refractivity contribution in [2.75, 3.05) is 5.75 Å². The van der Waals surface area contributed by atoms with Crippen molar-refractivity contribution in [2.24, 2.45) is 11.8 Å². The zero-order valence-corrected chi connectivity index (χ0v) is 12.1. The molecule has 18 heavy (non-hydrogen) atoms. The average Bonchev–Trinajstić information content (AvgIpc) is 2.51. The third-order valence-electron chi connectivity index (χ3n) is 3.97. The quantitative estimate of drug-likeness (QED) is 0.783. The molecule has 1 saturated carbocycles. The van der Waals surface area contributed by atoms with Crippen molar-refractivity contribution in [1.82, 2.24) is 0 Å². The molecule has 0 amide bonds. The summed E-state index contributed by atoms with van der Waals surface area (Å²) < 4.78 is 23.6. The Morgan fingerprint density at radius 1 is 1.22 bits per heavy atom. The number of aliphatic carboxylic acids is 1. The van der Waals surface area contributed by atoms with Crippen molar-refractivity contribution in [3.63, 3.8) is 0 Å². The number of carbonyl (C=O) groups is 1. The minimum absolute atomic E-state index is 0.0264. The number of hydrogen-bond donors (Lipinski definition) is 1. The molecule has 0 bridgehead atoms. The second-order valence-electron chi connectivity index (χ2n) is 5.55. The van der Waals surface area contributed by atoms with Gasteiger partial charge in [-0.3, -0.25) is 4.79 Å². The molecule has 1 rings (SSSR count). The summed E-state index contributed by atoms with van der Waals surface area (Å²) in [6, 6.07) is 0. The van der Waals surface area contributed by atoms with Crippen LogP contribution in [-0.2, 0) is 14.6 Å². The molecular formula is C13H24O4S. The maximum absolute atomic E-state index is 11.8. The maximum atomic E-state index is 11.8. The van der Waals surface area contributed by atoms with E-state index in [-0.39, 0.29) is 22.8 Å². The lowest BCUT2D eigenvalue weighted by atomic mass is 9.86. The van der Waals surface area contributed by atoms with Crippen LogP contribution in [0, 0.1) is 11.8 Å². The molecule has 4 nitrogen and oxygen atoms in total. The van der Waals surface area contributed by atoms with Crippen molar-refractivity contribution < 1.29 is 18.3 Å². The number of rotatable bonds is 5. The standard InChI is InChI=1S/C13H24O4S/c1-10(2)18(16,17)9-8-11-6-4-3-5-7-12(11)13(14)15/h10-12H,3-9H2,1-2H3,(H,14,15). The summed E-state index contributed by atoms with van der Waals surface area (Å²) >= 11 is 0. The Morgan fingerprint density at radius 3 is 2.39 bits per heavy atom. The smallest absolute Gasteiger partial charge is 0.306 e. The third kappa shape index (κ3) is 4.26. The van der Waals surface area contributed by atoms with Gasteiger partial charge in [0, 0.05) is 0 Å². The van der Waals surface area contributed by atoms with Crippen LogP contribution in [0.5, 0.6) is 0 Å². The molecule has 0 aromatic rings. The van der Waals surface area contributed by atoms with Gasteiger partial charge in [0.2, 0.25) is 0 Å². The van der Waals surface area contributed by atoms with Gasteiger partial charge in [0.1, 0.15) is 0 Å². The fourth-order valence-electron chi connectivity index (χ4n) is 2.61. The van der Waals surface area contributed by atoms with Gasteiger partial charge >= 0.3 is 5.97 Å². The van der Waals surface area contributed by atoms with Crippen LogP contribution in [0.1, 0.15) is 52.4 Å². The van der Waals surface area contributed by atoms with Crippen molar-refractivity contribution in [2.45, 2.75) is 57.6 Å². The second-order valence-corrected chi connectivity index (χ2v) is 8.22. The summed E-state index contributed by atoms with van der Waals surface area (Å²) in [4.78, 5) is 11.2. The Morgan fingerprint density at radius 2 is 1.83 bits per heavy atom. The van der Waals surface area contributed by atoms with Gasteiger partial charge in [-0.15, -0.1) is 0 Å².